The Bertz CT molecular complexity index is 345. The Hall–Kier alpha value is -0.830. The van der Waals surface area contributed by atoms with E-state index < -0.39 is 0 Å². The molecule has 1 aliphatic heterocycles. The van der Waals surface area contributed by atoms with Crippen molar-refractivity contribution in [2.45, 2.75) is 32.6 Å². The summed E-state index contributed by atoms with van der Waals surface area (Å²) in [5, 5.41) is 2.94. The summed E-state index contributed by atoms with van der Waals surface area (Å²) in [6.45, 7) is 3.03. The third-order valence-electron chi connectivity index (χ3n) is 2.91. The topological polar surface area (TPSA) is 29.1 Å². The van der Waals surface area contributed by atoms with E-state index in [0.29, 0.717) is 0 Å². The third-order valence-corrected chi connectivity index (χ3v) is 4.16. The molecule has 1 fully saturated rings. The second-order valence-electron chi connectivity index (χ2n) is 4.06. The zero-order chi connectivity index (χ0) is 10.7. The Morgan fingerprint density at radius 2 is 2.27 bits per heavy atom. The van der Waals surface area contributed by atoms with Gasteiger partial charge in [-0.2, -0.15) is 0 Å². The van der Waals surface area contributed by atoms with Crippen LogP contribution < -0.4 is 5.32 Å². The molecule has 0 saturated carbocycles. The van der Waals surface area contributed by atoms with Crippen LogP contribution in [0.4, 0.5) is 0 Å². The van der Waals surface area contributed by atoms with Gasteiger partial charge in [0, 0.05) is 22.2 Å². The lowest BCUT2D eigenvalue weighted by Gasteiger charge is -2.20. The van der Waals surface area contributed by atoms with E-state index >= 15 is 0 Å². The molecule has 1 atom stereocenters. The molecule has 3 heteroatoms. The second-order valence-corrected chi connectivity index (χ2v) is 5.31. The Morgan fingerprint density at radius 1 is 1.47 bits per heavy atom. The first kappa shape index (κ1) is 10.7. The highest BCUT2D eigenvalue weighted by molar-refractivity contribution is 7.11. The summed E-state index contributed by atoms with van der Waals surface area (Å²) in [4.78, 5) is 14.3. The molecule has 1 saturated heterocycles. The van der Waals surface area contributed by atoms with Crippen LogP contribution in [0.15, 0.2) is 12.1 Å². The minimum Gasteiger partial charge on any atom is -0.356 e. The molecule has 0 aromatic carbocycles. The van der Waals surface area contributed by atoms with E-state index in [0.717, 1.165) is 32.2 Å². The zero-order valence-electron chi connectivity index (χ0n) is 9.08. The standard InChI is InChI=1S/C12H17NOS/c1-2-10-5-6-11(15-10)8-9-4-3-7-13-12(9)14/h5-6,9H,2-4,7-8H2,1H3,(H,13,14). The van der Waals surface area contributed by atoms with E-state index in [1.807, 2.05) is 11.3 Å². The van der Waals surface area contributed by atoms with Gasteiger partial charge in [0.25, 0.3) is 0 Å². The molecular formula is C12H17NOS. The van der Waals surface area contributed by atoms with Gasteiger partial charge in [0.15, 0.2) is 0 Å². The molecule has 1 N–H and O–H groups in total. The quantitative estimate of drug-likeness (QED) is 0.837. The largest absolute Gasteiger partial charge is 0.356 e. The van der Waals surface area contributed by atoms with Crippen molar-refractivity contribution >= 4 is 17.2 Å². The maximum atomic E-state index is 11.6. The van der Waals surface area contributed by atoms with Crippen molar-refractivity contribution in [1.82, 2.24) is 5.32 Å². The molecule has 2 rings (SSSR count). The first-order chi connectivity index (χ1) is 7.29. The number of hydrogen-bond acceptors (Lipinski definition) is 2. The van der Waals surface area contributed by atoms with Gasteiger partial charge in [0.05, 0.1) is 0 Å². The van der Waals surface area contributed by atoms with E-state index in [1.54, 1.807) is 0 Å². The highest BCUT2D eigenvalue weighted by Gasteiger charge is 2.22. The van der Waals surface area contributed by atoms with Crippen LogP contribution in [0.5, 0.6) is 0 Å². The number of hydrogen-bond donors (Lipinski definition) is 1. The fraction of sp³-hybridized carbons (Fsp3) is 0.583. The molecule has 0 aliphatic carbocycles. The average molecular weight is 223 g/mol. The highest BCUT2D eigenvalue weighted by Crippen LogP contribution is 2.23. The molecule has 0 bridgehead atoms. The summed E-state index contributed by atoms with van der Waals surface area (Å²) < 4.78 is 0. The summed E-state index contributed by atoms with van der Waals surface area (Å²) in [5.41, 5.74) is 0. The Kier molecular flexibility index (Phi) is 3.41. The third kappa shape index (κ3) is 2.59. The molecule has 0 spiro atoms. The first-order valence-corrected chi connectivity index (χ1v) is 6.46. The summed E-state index contributed by atoms with van der Waals surface area (Å²) in [6.07, 6.45) is 4.20. The normalized spacial score (nSPS) is 21.4. The second kappa shape index (κ2) is 4.79. The van der Waals surface area contributed by atoms with Gasteiger partial charge in [-0.3, -0.25) is 4.79 Å². The van der Waals surface area contributed by atoms with Gasteiger partial charge in [0.2, 0.25) is 5.91 Å². The predicted molar refractivity (Wildman–Crippen MR) is 63.1 cm³/mol. The van der Waals surface area contributed by atoms with E-state index in [9.17, 15) is 4.79 Å². The van der Waals surface area contributed by atoms with Crippen LogP contribution in [0.25, 0.3) is 0 Å². The number of aryl methyl sites for hydroxylation is 1. The van der Waals surface area contributed by atoms with Gasteiger partial charge in [-0.25, -0.2) is 0 Å². The van der Waals surface area contributed by atoms with Crippen LogP contribution in [-0.4, -0.2) is 12.5 Å². The molecular weight excluding hydrogens is 206 g/mol. The van der Waals surface area contributed by atoms with Crippen LogP contribution >= 0.6 is 11.3 Å². The van der Waals surface area contributed by atoms with Gasteiger partial charge in [0.1, 0.15) is 0 Å². The Labute approximate surface area is 94.7 Å². The number of nitrogens with one attached hydrogen (secondary N) is 1. The van der Waals surface area contributed by atoms with E-state index in [-0.39, 0.29) is 11.8 Å². The van der Waals surface area contributed by atoms with Gasteiger partial charge in [-0.1, -0.05) is 6.92 Å². The molecule has 0 radical (unpaired) electrons. The summed E-state index contributed by atoms with van der Waals surface area (Å²) in [6, 6.07) is 4.35. The molecule has 1 aromatic rings. The van der Waals surface area contributed by atoms with Crippen molar-refractivity contribution < 1.29 is 4.79 Å². The molecule has 82 valence electrons. The van der Waals surface area contributed by atoms with Crippen molar-refractivity contribution in [3.63, 3.8) is 0 Å². The summed E-state index contributed by atoms with van der Waals surface area (Å²) in [7, 11) is 0. The van der Waals surface area contributed by atoms with Crippen LogP contribution in [-0.2, 0) is 17.6 Å². The molecule has 15 heavy (non-hydrogen) atoms. The molecule has 2 nitrogen and oxygen atoms in total. The van der Waals surface area contributed by atoms with Crippen LogP contribution in [0.2, 0.25) is 0 Å². The zero-order valence-corrected chi connectivity index (χ0v) is 9.90. The lowest BCUT2D eigenvalue weighted by atomic mass is 9.95. The highest BCUT2D eigenvalue weighted by atomic mass is 32.1. The first-order valence-electron chi connectivity index (χ1n) is 5.65. The minimum absolute atomic E-state index is 0.210. The van der Waals surface area contributed by atoms with Crippen molar-refractivity contribution in [3.05, 3.63) is 21.9 Å². The number of thiophene rings is 1. The van der Waals surface area contributed by atoms with Crippen LogP contribution in [0.1, 0.15) is 29.5 Å². The number of carbonyl (C=O) groups excluding carboxylic acids is 1. The molecule has 1 amide bonds. The molecule has 1 unspecified atom stereocenters. The van der Waals surface area contributed by atoms with E-state index in [4.69, 9.17) is 0 Å². The van der Waals surface area contributed by atoms with Gasteiger partial charge in [-0.15, -0.1) is 11.3 Å². The van der Waals surface area contributed by atoms with Crippen molar-refractivity contribution in [2.75, 3.05) is 6.54 Å². The number of carbonyl (C=O) groups is 1. The summed E-state index contributed by atoms with van der Waals surface area (Å²) >= 11 is 1.85. The van der Waals surface area contributed by atoms with Gasteiger partial charge >= 0.3 is 0 Å². The lowest BCUT2D eigenvalue weighted by Crippen LogP contribution is -2.37. The molecule has 1 aliphatic rings. The molecule has 1 aromatic heterocycles. The fourth-order valence-corrected chi connectivity index (χ4v) is 3.03. The van der Waals surface area contributed by atoms with Crippen LogP contribution in [0.3, 0.4) is 0 Å². The molecule has 2 heterocycles. The average Bonchev–Trinajstić information content (AvgIpc) is 2.69. The number of rotatable bonds is 3. The van der Waals surface area contributed by atoms with E-state index in [1.165, 1.54) is 9.75 Å². The van der Waals surface area contributed by atoms with Crippen molar-refractivity contribution in [3.8, 4) is 0 Å². The predicted octanol–water partition coefficient (Wildman–Crippen LogP) is 2.38. The Balaban J connectivity index is 1.98. The number of amides is 1. The van der Waals surface area contributed by atoms with Crippen LogP contribution in [0, 0.1) is 5.92 Å². The monoisotopic (exact) mass is 223 g/mol. The summed E-state index contributed by atoms with van der Waals surface area (Å²) in [5.74, 6) is 0.454. The maximum absolute atomic E-state index is 11.6. The lowest BCUT2D eigenvalue weighted by molar-refractivity contribution is -0.126. The van der Waals surface area contributed by atoms with E-state index in [2.05, 4.69) is 24.4 Å². The maximum Gasteiger partial charge on any atom is 0.223 e. The fourth-order valence-electron chi connectivity index (χ4n) is 2.00. The Morgan fingerprint density at radius 3 is 2.93 bits per heavy atom. The number of piperidine rings is 1. The smallest absolute Gasteiger partial charge is 0.223 e. The van der Waals surface area contributed by atoms with Gasteiger partial charge in [-0.05, 0) is 37.8 Å². The van der Waals surface area contributed by atoms with Crippen molar-refractivity contribution in [2.24, 2.45) is 5.92 Å². The van der Waals surface area contributed by atoms with Crippen molar-refractivity contribution in [1.29, 1.82) is 0 Å². The van der Waals surface area contributed by atoms with Gasteiger partial charge < -0.3 is 5.32 Å². The minimum atomic E-state index is 0.210. The SMILES string of the molecule is CCc1ccc(CC2CCCNC2=O)s1.